The van der Waals surface area contributed by atoms with Crippen LogP contribution in [0.1, 0.15) is 14.4 Å². The lowest BCUT2D eigenvalue weighted by atomic mass is 10.3. The van der Waals surface area contributed by atoms with E-state index in [1.807, 2.05) is 0 Å². The Morgan fingerprint density at radius 3 is 2.75 bits per heavy atom. The molecule has 0 unspecified atom stereocenters. The van der Waals surface area contributed by atoms with E-state index >= 15 is 0 Å². The predicted octanol–water partition coefficient (Wildman–Crippen LogP) is 1.99. The Kier molecular flexibility index (Phi) is 5.62. The molecule has 5 heteroatoms. The molecule has 0 saturated carbocycles. The van der Waals surface area contributed by atoms with Crippen molar-refractivity contribution in [2.24, 2.45) is 10.7 Å². The number of ketones is 1. The summed E-state index contributed by atoms with van der Waals surface area (Å²) in [6.45, 7) is 1.36. The number of nitrogens with zero attached hydrogens (tertiary/aromatic N) is 2. The van der Waals surface area contributed by atoms with E-state index in [-0.39, 0.29) is 18.9 Å². The number of halogens is 1. The molecule has 0 aliphatic rings. The maximum Gasteiger partial charge on any atom is 0.175 e. The summed E-state index contributed by atoms with van der Waals surface area (Å²) in [5, 5.41) is 0. The first kappa shape index (κ1) is 14.0. The highest BCUT2D eigenvalue weighted by molar-refractivity contribution is 5.96. The molecule has 1 aromatic rings. The predicted molar refractivity (Wildman–Crippen MR) is 62.0 cm³/mol. The Bertz CT molecular complexity index is 410. The topological polar surface area (TPSA) is 68.3 Å². The molecular weight excluding hydrogens is 209 g/mol. The molecule has 1 aromatic heterocycles. The fourth-order valence-corrected chi connectivity index (χ4v) is 0.756. The standard InChI is InChI=1S/C10H10FN3O.CH4/c1-7(15)9(12)4-5-13-10-3-2-8(11)6-14-10;/h2-6H,12H2,1H3;1H4. The van der Waals surface area contributed by atoms with Crippen LogP contribution in [0.2, 0.25) is 0 Å². The zero-order valence-electron chi connectivity index (χ0n) is 8.14. The van der Waals surface area contributed by atoms with Gasteiger partial charge >= 0.3 is 0 Å². The van der Waals surface area contributed by atoms with Crippen molar-refractivity contribution >= 4 is 17.8 Å². The average molecular weight is 223 g/mol. The van der Waals surface area contributed by atoms with Gasteiger partial charge in [0.05, 0.1) is 11.9 Å². The van der Waals surface area contributed by atoms with E-state index in [1.165, 1.54) is 31.3 Å². The lowest BCUT2D eigenvalue weighted by molar-refractivity contribution is -0.113. The zero-order chi connectivity index (χ0) is 11.3. The normalized spacial score (nSPS) is 11.2. The maximum absolute atomic E-state index is 12.5. The van der Waals surface area contributed by atoms with Crippen molar-refractivity contribution in [3.63, 3.8) is 0 Å². The molecule has 4 nitrogen and oxygen atoms in total. The monoisotopic (exact) mass is 223 g/mol. The van der Waals surface area contributed by atoms with Crippen LogP contribution in [0, 0.1) is 5.82 Å². The van der Waals surface area contributed by atoms with E-state index in [4.69, 9.17) is 5.73 Å². The number of carbonyl (C=O) groups excluding carboxylic acids is 1. The molecule has 0 saturated heterocycles. The Hall–Kier alpha value is -2.04. The van der Waals surface area contributed by atoms with Gasteiger partial charge in [0.1, 0.15) is 5.82 Å². The highest BCUT2D eigenvalue weighted by Gasteiger charge is 1.94. The van der Waals surface area contributed by atoms with E-state index < -0.39 is 5.82 Å². The number of nitrogens with two attached hydrogens (primary N) is 1. The number of aliphatic imine (C=N–C) groups is 1. The third kappa shape index (κ3) is 4.45. The summed E-state index contributed by atoms with van der Waals surface area (Å²) in [5.74, 6) is -0.301. The van der Waals surface area contributed by atoms with Crippen molar-refractivity contribution in [3.05, 3.63) is 35.9 Å². The molecule has 2 N–H and O–H groups in total. The Morgan fingerprint density at radius 1 is 1.56 bits per heavy atom. The van der Waals surface area contributed by atoms with Gasteiger partial charge in [-0.1, -0.05) is 7.43 Å². The number of aromatic nitrogens is 1. The van der Waals surface area contributed by atoms with Crippen molar-refractivity contribution in [1.82, 2.24) is 4.98 Å². The Morgan fingerprint density at radius 2 is 2.25 bits per heavy atom. The number of hydrogen-bond donors (Lipinski definition) is 1. The van der Waals surface area contributed by atoms with Crippen molar-refractivity contribution in [2.45, 2.75) is 14.4 Å². The summed E-state index contributed by atoms with van der Waals surface area (Å²) >= 11 is 0. The van der Waals surface area contributed by atoms with Gasteiger partial charge in [0, 0.05) is 13.1 Å². The summed E-state index contributed by atoms with van der Waals surface area (Å²) in [5.41, 5.74) is 5.46. The number of allylic oxidation sites excluding steroid dienone is 2. The minimum Gasteiger partial charge on any atom is -0.396 e. The van der Waals surface area contributed by atoms with Crippen LogP contribution in [0.4, 0.5) is 10.2 Å². The molecule has 1 heterocycles. The van der Waals surface area contributed by atoms with Crippen molar-refractivity contribution in [1.29, 1.82) is 0 Å². The van der Waals surface area contributed by atoms with Crippen LogP contribution in [-0.2, 0) is 4.79 Å². The first-order valence-corrected chi connectivity index (χ1v) is 4.22. The first-order valence-electron chi connectivity index (χ1n) is 4.22. The summed E-state index contributed by atoms with van der Waals surface area (Å²) in [6.07, 6.45) is 3.77. The minimum absolute atomic E-state index is 0. The van der Waals surface area contributed by atoms with Crippen LogP contribution < -0.4 is 5.73 Å². The first-order chi connectivity index (χ1) is 7.09. The van der Waals surface area contributed by atoms with E-state index in [0.29, 0.717) is 5.82 Å². The van der Waals surface area contributed by atoms with Crippen LogP contribution in [0.25, 0.3) is 0 Å². The van der Waals surface area contributed by atoms with Crippen LogP contribution in [0.3, 0.4) is 0 Å². The fraction of sp³-hybridized carbons (Fsp3) is 0.182. The molecule has 0 amide bonds. The lowest BCUT2D eigenvalue weighted by Gasteiger charge is -1.91. The zero-order valence-corrected chi connectivity index (χ0v) is 8.14. The van der Waals surface area contributed by atoms with Gasteiger partial charge in [-0.25, -0.2) is 14.4 Å². The lowest BCUT2D eigenvalue weighted by Crippen LogP contribution is -2.06. The second-order valence-corrected chi connectivity index (χ2v) is 2.79. The van der Waals surface area contributed by atoms with E-state index in [9.17, 15) is 9.18 Å². The second-order valence-electron chi connectivity index (χ2n) is 2.79. The van der Waals surface area contributed by atoms with Crippen LogP contribution >= 0.6 is 0 Å². The van der Waals surface area contributed by atoms with Gasteiger partial charge in [-0.05, 0) is 18.2 Å². The third-order valence-corrected chi connectivity index (χ3v) is 1.58. The van der Waals surface area contributed by atoms with Crippen molar-refractivity contribution in [3.8, 4) is 0 Å². The van der Waals surface area contributed by atoms with Gasteiger partial charge in [0.25, 0.3) is 0 Å². The number of rotatable bonds is 3. The smallest absolute Gasteiger partial charge is 0.175 e. The molecule has 0 bridgehead atoms. The molecule has 0 radical (unpaired) electrons. The van der Waals surface area contributed by atoms with Gasteiger partial charge in [-0.2, -0.15) is 0 Å². The second kappa shape index (κ2) is 6.44. The highest BCUT2D eigenvalue weighted by atomic mass is 19.1. The van der Waals surface area contributed by atoms with E-state index in [1.54, 1.807) is 0 Å². The molecule has 0 aliphatic carbocycles. The molecule has 16 heavy (non-hydrogen) atoms. The fourth-order valence-electron chi connectivity index (χ4n) is 0.756. The third-order valence-electron chi connectivity index (χ3n) is 1.58. The molecule has 86 valence electrons. The van der Waals surface area contributed by atoms with Crippen LogP contribution in [0.5, 0.6) is 0 Å². The number of carbonyl (C=O) groups is 1. The van der Waals surface area contributed by atoms with Gasteiger partial charge < -0.3 is 5.73 Å². The summed E-state index contributed by atoms with van der Waals surface area (Å²) in [4.78, 5) is 18.3. The van der Waals surface area contributed by atoms with Crippen molar-refractivity contribution in [2.75, 3.05) is 0 Å². The quantitative estimate of drug-likeness (QED) is 0.629. The van der Waals surface area contributed by atoms with Gasteiger partial charge in [0.15, 0.2) is 11.6 Å². The molecule has 0 aromatic carbocycles. The number of Topliss-reactive ketones (excluding diaryl/α,β-unsaturated/α-hetero) is 1. The van der Waals surface area contributed by atoms with E-state index in [2.05, 4.69) is 9.98 Å². The summed E-state index contributed by atoms with van der Waals surface area (Å²) < 4.78 is 12.5. The SMILES string of the molecule is C.CC(=O)C(N)=CC=Nc1ccc(F)cn1. The van der Waals surface area contributed by atoms with Gasteiger partial charge in [-0.15, -0.1) is 0 Å². The summed E-state index contributed by atoms with van der Waals surface area (Å²) in [6, 6.07) is 2.67. The number of pyridine rings is 1. The largest absolute Gasteiger partial charge is 0.396 e. The molecule has 0 aliphatic heterocycles. The summed E-state index contributed by atoms with van der Waals surface area (Å²) in [7, 11) is 0. The Labute approximate surface area is 93.7 Å². The van der Waals surface area contributed by atoms with Gasteiger partial charge in [0.2, 0.25) is 0 Å². The minimum atomic E-state index is -0.423. The molecule has 0 atom stereocenters. The maximum atomic E-state index is 12.5. The highest BCUT2D eigenvalue weighted by Crippen LogP contribution is 2.06. The molecular formula is C11H14FN3O. The van der Waals surface area contributed by atoms with Crippen LogP contribution in [0.15, 0.2) is 35.1 Å². The van der Waals surface area contributed by atoms with Gasteiger partial charge in [-0.3, -0.25) is 4.79 Å². The molecule has 0 fully saturated rings. The Balaban J connectivity index is 0.00000225. The average Bonchev–Trinajstić information content (AvgIpc) is 2.20. The molecule has 0 spiro atoms. The number of hydrogen-bond acceptors (Lipinski definition) is 4. The van der Waals surface area contributed by atoms with E-state index in [0.717, 1.165) is 6.20 Å². The molecule has 1 rings (SSSR count). The van der Waals surface area contributed by atoms with Crippen LogP contribution in [-0.4, -0.2) is 17.0 Å². The van der Waals surface area contributed by atoms with Crippen molar-refractivity contribution < 1.29 is 9.18 Å².